The number of carbonyl (C=O) groups is 1. The molecule has 0 saturated carbocycles. The molecule has 3 rings (SSSR count). The molecule has 1 aromatic heterocycles. The lowest BCUT2D eigenvalue weighted by atomic mass is 10.1. The van der Waals surface area contributed by atoms with E-state index in [0.29, 0.717) is 16.6 Å². The average Bonchev–Trinajstić information content (AvgIpc) is 2.50. The van der Waals surface area contributed by atoms with E-state index in [1.807, 2.05) is 6.07 Å². The predicted molar refractivity (Wildman–Crippen MR) is 87.5 cm³/mol. The van der Waals surface area contributed by atoms with Gasteiger partial charge in [-0.3, -0.25) is 9.78 Å². The van der Waals surface area contributed by atoms with Crippen molar-refractivity contribution < 1.29 is 4.79 Å². The highest BCUT2D eigenvalue weighted by Gasteiger charge is 2.23. The number of rotatable bonds is 2. The summed E-state index contributed by atoms with van der Waals surface area (Å²) in [5.41, 5.74) is 1.62. The number of hydrogen-bond donors (Lipinski definition) is 0. The van der Waals surface area contributed by atoms with Gasteiger partial charge in [0.05, 0.1) is 18.3 Å². The Balaban J connectivity index is 1.85. The molecular weight excluding hydrogens is 327 g/mol. The smallest absolute Gasteiger partial charge is 0.231 e. The maximum atomic E-state index is 12.6. The van der Waals surface area contributed by atoms with Crippen LogP contribution >= 0.6 is 35.0 Å². The first-order valence-electron chi connectivity index (χ1n) is 6.46. The maximum Gasteiger partial charge on any atom is 0.231 e. The molecule has 0 N–H and O–H groups in total. The number of halogens is 2. The van der Waals surface area contributed by atoms with E-state index < -0.39 is 0 Å². The van der Waals surface area contributed by atoms with E-state index in [-0.39, 0.29) is 12.3 Å². The minimum absolute atomic E-state index is 0.00807. The van der Waals surface area contributed by atoms with Crippen molar-refractivity contribution in [3.8, 4) is 0 Å². The molecule has 2 heterocycles. The molecule has 3 nitrogen and oxygen atoms in total. The molecule has 0 aliphatic carbocycles. The highest BCUT2D eigenvalue weighted by molar-refractivity contribution is 7.99. The zero-order chi connectivity index (χ0) is 14.8. The van der Waals surface area contributed by atoms with Gasteiger partial charge in [-0.05, 0) is 29.8 Å². The van der Waals surface area contributed by atoms with Gasteiger partial charge in [-0.15, -0.1) is 11.8 Å². The Hall–Kier alpha value is -1.23. The Morgan fingerprint density at radius 2 is 2.19 bits per heavy atom. The molecule has 1 aliphatic rings. The van der Waals surface area contributed by atoms with E-state index in [4.69, 9.17) is 23.2 Å². The third kappa shape index (κ3) is 3.18. The van der Waals surface area contributed by atoms with Gasteiger partial charge in [0.25, 0.3) is 0 Å². The summed E-state index contributed by atoms with van der Waals surface area (Å²) in [6.07, 6.45) is 3.71. The molecule has 0 fully saturated rings. The lowest BCUT2D eigenvalue weighted by Crippen LogP contribution is -2.36. The van der Waals surface area contributed by atoms with Crippen molar-refractivity contribution in [1.82, 2.24) is 4.98 Å². The number of hydrogen-bond acceptors (Lipinski definition) is 3. The van der Waals surface area contributed by atoms with Gasteiger partial charge in [0, 0.05) is 33.4 Å². The van der Waals surface area contributed by atoms with Crippen LogP contribution in [0, 0.1) is 0 Å². The number of pyridine rings is 1. The minimum atomic E-state index is 0.00807. The highest BCUT2D eigenvalue weighted by Crippen LogP contribution is 2.34. The SMILES string of the molecule is O=C(Cc1cc(Cl)ccc1Cl)N1CCSc2ccncc21. The van der Waals surface area contributed by atoms with Crippen LogP contribution in [0.1, 0.15) is 5.56 Å². The summed E-state index contributed by atoms with van der Waals surface area (Å²) in [6, 6.07) is 7.11. The zero-order valence-corrected chi connectivity index (χ0v) is 13.4. The van der Waals surface area contributed by atoms with Crippen LogP contribution in [0.15, 0.2) is 41.6 Å². The number of nitrogens with zero attached hydrogens (tertiary/aromatic N) is 2. The number of fused-ring (bicyclic) bond motifs is 1. The van der Waals surface area contributed by atoms with Crippen LogP contribution in [0.4, 0.5) is 5.69 Å². The lowest BCUT2D eigenvalue weighted by molar-refractivity contribution is -0.118. The minimum Gasteiger partial charge on any atom is -0.309 e. The van der Waals surface area contributed by atoms with Crippen molar-refractivity contribution in [3.05, 3.63) is 52.3 Å². The molecule has 1 aromatic carbocycles. The van der Waals surface area contributed by atoms with E-state index in [1.165, 1.54) is 0 Å². The first kappa shape index (κ1) is 14.7. The van der Waals surface area contributed by atoms with Crippen LogP contribution < -0.4 is 4.90 Å². The van der Waals surface area contributed by atoms with E-state index in [9.17, 15) is 4.79 Å². The topological polar surface area (TPSA) is 33.2 Å². The quantitative estimate of drug-likeness (QED) is 0.827. The normalized spacial score (nSPS) is 13.9. The number of amides is 1. The second-order valence-corrected chi connectivity index (χ2v) is 6.63. The molecule has 0 saturated heterocycles. The molecule has 1 amide bonds. The molecule has 21 heavy (non-hydrogen) atoms. The molecule has 2 aromatic rings. The van der Waals surface area contributed by atoms with E-state index in [1.54, 1.807) is 47.3 Å². The van der Waals surface area contributed by atoms with Crippen LogP contribution in [-0.4, -0.2) is 23.2 Å². The second kappa shape index (κ2) is 6.26. The summed E-state index contributed by atoms with van der Waals surface area (Å²) in [7, 11) is 0. The zero-order valence-electron chi connectivity index (χ0n) is 11.1. The first-order valence-corrected chi connectivity index (χ1v) is 8.20. The number of thioether (sulfide) groups is 1. The van der Waals surface area contributed by atoms with Crippen LogP contribution in [0.25, 0.3) is 0 Å². The van der Waals surface area contributed by atoms with Crippen LogP contribution in [-0.2, 0) is 11.2 Å². The summed E-state index contributed by atoms with van der Waals surface area (Å²) in [6.45, 7) is 0.681. The summed E-state index contributed by atoms with van der Waals surface area (Å²) < 4.78 is 0. The third-order valence-electron chi connectivity index (χ3n) is 3.27. The summed E-state index contributed by atoms with van der Waals surface area (Å²) in [5, 5.41) is 1.14. The summed E-state index contributed by atoms with van der Waals surface area (Å²) in [5.74, 6) is 0.889. The van der Waals surface area contributed by atoms with Crippen molar-refractivity contribution in [1.29, 1.82) is 0 Å². The molecule has 0 radical (unpaired) electrons. The largest absolute Gasteiger partial charge is 0.309 e. The number of anilines is 1. The standard InChI is InChI=1S/C15H12Cl2N2OS/c16-11-1-2-12(17)10(7-11)8-15(20)19-5-6-21-14-3-4-18-9-13(14)19/h1-4,7,9H,5-6,8H2. The Kier molecular flexibility index (Phi) is 4.38. The Bertz CT molecular complexity index is 693. The molecular formula is C15H12Cl2N2OS. The summed E-state index contributed by atoms with van der Waals surface area (Å²) >= 11 is 13.8. The van der Waals surface area contributed by atoms with Gasteiger partial charge < -0.3 is 4.90 Å². The number of carbonyl (C=O) groups excluding carboxylic acids is 1. The molecule has 0 atom stereocenters. The number of aromatic nitrogens is 1. The third-order valence-corrected chi connectivity index (χ3v) is 4.92. The van der Waals surface area contributed by atoms with Crippen molar-refractivity contribution >= 4 is 46.6 Å². The fraction of sp³-hybridized carbons (Fsp3) is 0.200. The first-order chi connectivity index (χ1) is 10.1. The van der Waals surface area contributed by atoms with Gasteiger partial charge in [0.2, 0.25) is 5.91 Å². The van der Waals surface area contributed by atoms with Gasteiger partial charge in [-0.1, -0.05) is 23.2 Å². The maximum absolute atomic E-state index is 12.6. The number of benzene rings is 1. The predicted octanol–water partition coefficient (Wildman–Crippen LogP) is 4.07. The molecule has 0 unspecified atom stereocenters. The average molecular weight is 339 g/mol. The fourth-order valence-corrected chi connectivity index (χ4v) is 3.60. The van der Waals surface area contributed by atoms with Gasteiger partial charge in [0.1, 0.15) is 0 Å². The molecule has 108 valence electrons. The molecule has 0 spiro atoms. The van der Waals surface area contributed by atoms with Gasteiger partial charge in [-0.25, -0.2) is 0 Å². The highest BCUT2D eigenvalue weighted by atomic mass is 35.5. The Morgan fingerprint density at radius 3 is 3.05 bits per heavy atom. The Labute approximate surface area is 137 Å². The van der Waals surface area contributed by atoms with Gasteiger partial charge >= 0.3 is 0 Å². The summed E-state index contributed by atoms with van der Waals surface area (Å²) in [4.78, 5) is 19.6. The molecule has 0 bridgehead atoms. The van der Waals surface area contributed by atoms with E-state index in [0.717, 1.165) is 21.9 Å². The monoisotopic (exact) mass is 338 g/mol. The van der Waals surface area contributed by atoms with Crippen molar-refractivity contribution in [2.24, 2.45) is 0 Å². The van der Waals surface area contributed by atoms with Crippen LogP contribution in [0.5, 0.6) is 0 Å². The van der Waals surface area contributed by atoms with E-state index >= 15 is 0 Å². The van der Waals surface area contributed by atoms with Crippen LogP contribution in [0.2, 0.25) is 10.0 Å². The van der Waals surface area contributed by atoms with Crippen molar-refractivity contribution in [3.63, 3.8) is 0 Å². The lowest BCUT2D eigenvalue weighted by Gasteiger charge is -2.28. The van der Waals surface area contributed by atoms with Gasteiger partial charge in [0.15, 0.2) is 0 Å². The fourth-order valence-electron chi connectivity index (χ4n) is 2.26. The molecule has 6 heteroatoms. The van der Waals surface area contributed by atoms with Gasteiger partial charge in [-0.2, -0.15) is 0 Å². The van der Waals surface area contributed by atoms with Crippen molar-refractivity contribution in [2.45, 2.75) is 11.3 Å². The second-order valence-electron chi connectivity index (χ2n) is 4.65. The van der Waals surface area contributed by atoms with Crippen molar-refractivity contribution in [2.75, 3.05) is 17.2 Å². The van der Waals surface area contributed by atoms with Crippen LogP contribution in [0.3, 0.4) is 0 Å². The molecule has 1 aliphatic heterocycles. The Morgan fingerprint density at radius 1 is 1.33 bits per heavy atom. The van der Waals surface area contributed by atoms with E-state index in [2.05, 4.69) is 4.98 Å².